The monoisotopic (exact) mass is 316 g/mol. The Morgan fingerprint density at radius 1 is 0.957 bits per heavy atom. The molecule has 5 heteroatoms. The van der Waals surface area contributed by atoms with Gasteiger partial charge in [-0.05, 0) is 43.7 Å². The molecule has 1 aromatic heterocycles. The molecule has 3 aromatic rings. The Kier molecular flexibility index (Phi) is 3.72. The van der Waals surface area contributed by atoms with Crippen LogP contribution in [0, 0.1) is 13.8 Å². The molecule has 2 aromatic carbocycles. The van der Waals surface area contributed by atoms with E-state index in [1.54, 1.807) is 6.07 Å². The van der Waals surface area contributed by atoms with Gasteiger partial charge in [0, 0.05) is 22.5 Å². The molecule has 0 radical (unpaired) electrons. The number of para-hydroxylation sites is 1. The molecule has 118 valence electrons. The SMILES string of the molecule is Cc1cc(Nc2cccc(C(F)(F)F)c2)c2cccc(C)c2n1. The van der Waals surface area contributed by atoms with Gasteiger partial charge in [0.2, 0.25) is 0 Å². The lowest BCUT2D eigenvalue weighted by atomic mass is 10.1. The minimum absolute atomic E-state index is 0.397. The molecule has 0 fully saturated rings. The third-order valence-corrected chi connectivity index (χ3v) is 3.64. The van der Waals surface area contributed by atoms with Gasteiger partial charge in [0.1, 0.15) is 0 Å². The molecule has 23 heavy (non-hydrogen) atoms. The summed E-state index contributed by atoms with van der Waals surface area (Å²) in [4.78, 5) is 4.51. The van der Waals surface area contributed by atoms with Crippen LogP contribution in [-0.2, 0) is 6.18 Å². The summed E-state index contributed by atoms with van der Waals surface area (Å²) in [6, 6.07) is 12.8. The molecular weight excluding hydrogens is 301 g/mol. The fourth-order valence-corrected chi connectivity index (χ4v) is 2.55. The molecule has 0 unspecified atom stereocenters. The number of benzene rings is 2. The summed E-state index contributed by atoms with van der Waals surface area (Å²) in [6.45, 7) is 3.83. The predicted molar refractivity (Wildman–Crippen MR) is 85.9 cm³/mol. The number of nitrogens with zero attached hydrogens (tertiary/aromatic N) is 1. The second-order valence-electron chi connectivity index (χ2n) is 5.49. The van der Waals surface area contributed by atoms with Gasteiger partial charge in [0.05, 0.1) is 11.1 Å². The highest BCUT2D eigenvalue weighted by Crippen LogP contribution is 2.33. The molecule has 0 saturated carbocycles. The van der Waals surface area contributed by atoms with Crippen LogP contribution in [0.15, 0.2) is 48.5 Å². The average Bonchev–Trinajstić information content (AvgIpc) is 2.48. The molecule has 0 spiro atoms. The van der Waals surface area contributed by atoms with Crippen LogP contribution in [0.4, 0.5) is 24.5 Å². The van der Waals surface area contributed by atoms with Gasteiger partial charge in [-0.15, -0.1) is 0 Å². The Bertz CT molecular complexity index is 870. The molecule has 2 nitrogen and oxygen atoms in total. The fraction of sp³-hybridized carbons (Fsp3) is 0.167. The summed E-state index contributed by atoms with van der Waals surface area (Å²) < 4.78 is 38.5. The van der Waals surface area contributed by atoms with Crippen molar-refractivity contribution in [2.45, 2.75) is 20.0 Å². The first kappa shape index (κ1) is 15.3. The van der Waals surface area contributed by atoms with Crippen molar-refractivity contribution in [2.75, 3.05) is 5.32 Å². The van der Waals surface area contributed by atoms with Crippen molar-refractivity contribution < 1.29 is 13.2 Å². The first-order valence-electron chi connectivity index (χ1n) is 7.16. The van der Waals surface area contributed by atoms with E-state index < -0.39 is 11.7 Å². The number of pyridine rings is 1. The molecule has 0 bridgehead atoms. The summed E-state index contributed by atoms with van der Waals surface area (Å²) >= 11 is 0. The highest BCUT2D eigenvalue weighted by atomic mass is 19.4. The molecule has 3 rings (SSSR count). The van der Waals surface area contributed by atoms with Crippen molar-refractivity contribution in [2.24, 2.45) is 0 Å². The van der Waals surface area contributed by atoms with Gasteiger partial charge in [0.15, 0.2) is 0 Å². The highest BCUT2D eigenvalue weighted by Gasteiger charge is 2.30. The number of halogens is 3. The Labute approximate surface area is 132 Å². The highest BCUT2D eigenvalue weighted by molar-refractivity contribution is 5.94. The van der Waals surface area contributed by atoms with Crippen molar-refractivity contribution in [3.63, 3.8) is 0 Å². The minimum atomic E-state index is -4.36. The molecule has 1 N–H and O–H groups in total. The van der Waals surface area contributed by atoms with E-state index in [2.05, 4.69) is 10.3 Å². The Balaban J connectivity index is 2.07. The Hall–Kier alpha value is -2.56. The van der Waals surface area contributed by atoms with Crippen molar-refractivity contribution in [3.05, 3.63) is 65.4 Å². The van der Waals surface area contributed by atoms with Gasteiger partial charge in [-0.1, -0.05) is 24.3 Å². The van der Waals surface area contributed by atoms with E-state index in [9.17, 15) is 13.2 Å². The van der Waals surface area contributed by atoms with Crippen LogP contribution in [0.1, 0.15) is 16.8 Å². The first-order valence-corrected chi connectivity index (χ1v) is 7.16. The second-order valence-corrected chi connectivity index (χ2v) is 5.49. The number of hydrogen-bond donors (Lipinski definition) is 1. The van der Waals surface area contributed by atoms with E-state index in [1.807, 2.05) is 38.1 Å². The maximum atomic E-state index is 12.8. The van der Waals surface area contributed by atoms with E-state index in [-0.39, 0.29) is 0 Å². The van der Waals surface area contributed by atoms with Crippen LogP contribution in [-0.4, -0.2) is 4.98 Å². The quantitative estimate of drug-likeness (QED) is 0.664. The second kappa shape index (κ2) is 5.57. The van der Waals surface area contributed by atoms with Gasteiger partial charge in [-0.2, -0.15) is 13.2 Å². The number of nitrogens with one attached hydrogen (secondary N) is 1. The smallest absolute Gasteiger partial charge is 0.355 e. The number of anilines is 2. The van der Waals surface area contributed by atoms with Gasteiger partial charge in [-0.3, -0.25) is 4.98 Å². The van der Waals surface area contributed by atoms with E-state index in [4.69, 9.17) is 0 Å². The van der Waals surface area contributed by atoms with E-state index >= 15 is 0 Å². The lowest BCUT2D eigenvalue weighted by Crippen LogP contribution is -2.05. The number of aromatic nitrogens is 1. The zero-order valence-electron chi connectivity index (χ0n) is 12.7. The standard InChI is InChI=1S/C18H15F3N2/c1-11-5-3-8-15-16(9-12(2)22-17(11)15)23-14-7-4-6-13(10-14)18(19,20)21/h3-10H,1-2H3,(H,22,23). The van der Waals surface area contributed by atoms with Crippen molar-refractivity contribution in [1.82, 2.24) is 4.98 Å². The van der Waals surface area contributed by atoms with Gasteiger partial charge >= 0.3 is 6.18 Å². The molecule has 0 amide bonds. The number of hydrogen-bond acceptors (Lipinski definition) is 2. The van der Waals surface area contributed by atoms with Crippen LogP contribution < -0.4 is 5.32 Å². The van der Waals surface area contributed by atoms with Crippen LogP contribution in [0.5, 0.6) is 0 Å². The summed E-state index contributed by atoms with van der Waals surface area (Å²) in [5.41, 5.74) is 3.15. The fourth-order valence-electron chi connectivity index (χ4n) is 2.55. The third kappa shape index (κ3) is 3.13. The summed E-state index contributed by atoms with van der Waals surface area (Å²) in [5.74, 6) is 0. The van der Waals surface area contributed by atoms with Crippen molar-refractivity contribution in [1.29, 1.82) is 0 Å². The normalized spacial score (nSPS) is 11.7. The summed E-state index contributed by atoms with van der Waals surface area (Å²) in [5, 5.41) is 3.97. The van der Waals surface area contributed by atoms with Crippen molar-refractivity contribution in [3.8, 4) is 0 Å². The Morgan fingerprint density at radius 2 is 1.70 bits per heavy atom. The largest absolute Gasteiger partial charge is 0.416 e. The first-order chi connectivity index (χ1) is 10.8. The lowest BCUT2D eigenvalue weighted by Gasteiger charge is -2.14. The minimum Gasteiger partial charge on any atom is -0.355 e. The van der Waals surface area contributed by atoms with E-state index in [0.717, 1.165) is 40.0 Å². The number of rotatable bonds is 2. The molecule has 0 saturated heterocycles. The zero-order valence-corrected chi connectivity index (χ0v) is 12.7. The van der Waals surface area contributed by atoms with Crippen molar-refractivity contribution >= 4 is 22.3 Å². The van der Waals surface area contributed by atoms with Gasteiger partial charge in [0.25, 0.3) is 0 Å². The summed E-state index contributed by atoms with van der Waals surface area (Å²) in [7, 11) is 0. The Morgan fingerprint density at radius 3 is 2.43 bits per heavy atom. The third-order valence-electron chi connectivity index (χ3n) is 3.64. The number of aryl methyl sites for hydroxylation is 2. The maximum absolute atomic E-state index is 12.8. The molecular formula is C18H15F3N2. The van der Waals surface area contributed by atoms with E-state index in [0.29, 0.717) is 5.69 Å². The number of fused-ring (bicyclic) bond motifs is 1. The van der Waals surface area contributed by atoms with Gasteiger partial charge in [-0.25, -0.2) is 0 Å². The zero-order chi connectivity index (χ0) is 16.6. The van der Waals surface area contributed by atoms with Crippen LogP contribution in [0.2, 0.25) is 0 Å². The molecule has 0 atom stereocenters. The van der Waals surface area contributed by atoms with Crippen LogP contribution in [0.3, 0.4) is 0 Å². The predicted octanol–water partition coefficient (Wildman–Crippen LogP) is 5.61. The van der Waals surface area contributed by atoms with Gasteiger partial charge < -0.3 is 5.32 Å². The molecule has 0 aliphatic carbocycles. The van der Waals surface area contributed by atoms with Crippen LogP contribution in [0.25, 0.3) is 10.9 Å². The lowest BCUT2D eigenvalue weighted by molar-refractivity contribution is -0.137. The molecule has 1 heterocycles. The molecule has 0 aliphatic rings. The van der Waals surface area contributed by atoms with E-state index in [1.165, 1.54) is 6.07 Å². The average molecular weight is 316 g/mol. The maximum Gasteiger partial charge on any atom is 0.416 e. The number of alkyl halides is 3. The topological polar surface area (TPSA) is 24.9 Å². The summed E-state index contributed by atoms with van der Waals surface area (Å²) in [6.07, 6.45) is -4.36. The van der Waals surface area contributed by atoms with Crippen LogP contribution >= 0.6 is 0 Å². The molecule has 0 aliphatic heterocycles.